The summed E-state index contributed by atoms with van der Waals surface area (Å²) in [6.45, 7) is 3.84. The van der Waals surface area contributed by atoms with E-state index in [9.17, 15) is 14.4 Å². The van der Waals surface area contributed by atoms with E-state index in [2.05, 4.69) is 15.3 Å². The first-order valence-electron chi connectivity index (χ1n) is 8.39. The molecule has 0 aliphatic heterocycles. The number of H-pyrrole nitrogens is 1. The molecule has 140 valence electrons. The number of amides is 1. The lowest BCUT2D eigenvalue weighted by Gasteiger charge is -2.21. The molecule has 2 atom stereocenters. The molecular weight excluding hydrogens is 354 g/mol. The highest BCUT2D eigenvalue weighted by Crippen LogP contribution is 2.13. The lowest BCUT2D eigenvalue weighted by atomic mass is 9.99. The SMILES string of the molecule is CC[C@H](C)[C@H](NC(=O)CSCc1nc2ccccc2c(=O)[nH]1)C(=O)OC. The summed E-state index contributed by atoms with van der Waals surface area (Å²) >= 11 is 1.32. The molecule has 0 saturated carbocycles. The van der Waals surface area contributed by atoms with Crippen LogP contribution in [-0.4, -0.2) is 40.7 Å². The third kappa shape index (κ3) is 5.08. The Labute approximate surface area is 155 Å². The summed E-state index contributed by atoms with van der Waals surface area (Å²) in [6.07, 6.45) is 0.745. The molecule has 1 aromatic heterocycles. The number of hydrogen-bond acceptors (Lipinski definition) is 6. The first-order chi connectivity index (χ1) is 12.5. The maximum absolute atomic E-state index is 12.1. The van der Waals surface area contributed by atoms with Gasteiger partial charge in [0.2, 0.25) is 5.91 Å². The minimum Gasteiger partial charge on any atom is -0.467 e. The number of hydrogen-bond donors (Lipinski definition) is 2. The molecule has 2 N–H and O–H groups in total. The number of nitrogens with zero attached hydrogens (tertiary/aromatic N) is 1. The van der Waals surface area contributed by atoms with Gasteiger partial charge in [-0.25, -0.2) is 9.78 Å². The summed E-state index contributed by atoms with van der Waals surface area (Å²) in [6, 6.07) is 6.44. The number of thioether (sulfide) groups is 1. The maximum atomic E-state index is 12.1. The van der Waals surface area contributed by atoms with Crippen molar-refractivity contribution in [3.63, 3.8) is 0 Å². The van der Waals surface area contributed by atoms with Crippen LogP contribution in [0.4, 0.5) is 0 Å². The van der Waals surface area contributed by atoms with Crippen molar-refractivity contribution in [1.82, 2.24) is 15.3 Å². The fourth-order valence-corrected chi connectivity index (χ4v) is 3.16. The van der Waals surface area contributed by atoms with Gasteiger partial charge in [0.15, 0.2) is 0 Å². The van der Waals surface area contributed by atoms with Gasteiger partial charge in [-0.05, 0) is 18.1 Å². The number of rotatable bonds is 8. The minimum absolute atomic E-state index is 0.0186. The Morgan fingerprint density at radius 3 is 2.77 bits per heavy atom. The molecule has 0 aliphatic carbocycles. The van der Waals surface area contributed by atoms with Crippen LogP contribution in [0, 0.1) is 5.92 Å². The Morgan fingerprint density at radius 1 is 1.35 bits per heavy atom. The quantitative estimate of drug-likeness (QED) is 0.681. The number of nitrogens with one attached hydrogen (secondary N) is 2. The van der Waals surface area contributed by atoms with Crippen LogP contribution in [0.5, 0.6) is 0 Å². The number of methoxy groups -OCH3 is 1. The smallest absolute Gasteiger partial charge is 0.328 e. The summed E-state index contributed by atoms with van der Waals surface area (Å²) < 4.78 is 4.75. The van der Waals surface area contributed by atoms with Crippen LogP contribution in [0.15, 0.2) is 29.1 Å². The van der Waals surface area contributed by atoms with Crippen molar-refractivity contribution in [2.45, 2.75) is 32.1 Å². The van der Waals surface area contributed by atoms with Gasteiger partial charge in [-0.2, -0.15) is 0 Å². The largest absolute Gasteiger partial charge is 0.467 e. The second-order valence-electron chi connectivity index (χ2n) is 5.98. The van der Waals surface area contributed by atoms with Gasteiger partial charge in [-0.1, -0.05) is 32.4 Å². The average molecular weight is 377 g/mol. The lowest BCUT2D eigenvalue weighted by molar-refractivity contribution is -0.146. The van der Waals surface area contributed by atoms with E-state index in [0.29, 0.717) is 22.5 Å². The van der Waals surface area contributed by atoms with Crippen LogP contribution in [0.25, 0.3) is 10.9 Å². The van der Waals surface area contributed by atoms with Crippen LogP contribution in [0.3, 0.4) is 0 Å². The van der Waals surface area contributed by atoms with E-state index >= 15 is 0 Å². The highest BCUT2D eigenvalue weighted by atomic mass is 32.2. The van der Waals surface area contributed by atoms with Crippen molar-refractivity contribution >= 4 is 34.5 Å². The van der Waals surface area contributed by atoms with Crippen molar-refractivity contribution in [2.75, 3.05) is 12.9 Å². The fourth-order valence-electron chi connectivity index (χ4n) is 2.45. The summed E-state index contributed by atoms with van der Waals surface area (Å²) in [5.41, 5.74) is 0.428. The molecule has 0 saturated heterocycles. The molecule has 26 heavy (non-hydrogen) atoms. The molecule has 0 fully saturated rings. The van der Waals surface area contributed by atoms with Crippen molar-refractivity contribution < 1.29 is 14.3 Å². The molecule has 0 aliphatic rings. The summed E-state index contributed by atoms with van der Waals surface area (Å²) in [7, 11) is 1.31. The topological polar surface area (TPSA) is 101 Å². The van der Waals surface area contributed by atoms with Gasteiger partial charge in [0.05, 0.1) is 29.5 Å². The molecule has 0 bridgehead atoms. The third-order valence-electron chi connectivity index (χ3n) is 4.12. The second kappa shape index (κ2) is 9.38. The number of ether oxygens (including phenoxy) is 1. The zero-order valence-corrected chi connectivity index (χ0v) is 15.9. The van der Waals surface area contributed by atoms with Gasteiger partial charge >= 0.3 is 5.97 Å². The van der Waals surface area contributed by atoms with Gasteiger partial charge in [0.25, 0.3) is 5.56 Å². The maximum Gasteiger partial charge on any atom is 0.328 e. The summed E-state index contributed by atoms with van der Waals surface area (Å²) in [4.78, 5) is 43.1. The first kappa shape index (κ1) is 20.0. The normalized spacial score (nSPS) is 13.2. The molecule has 0 unspecified atom stereocenters. The fraction of sp³-hybridized carbons (Fsp3) is 0.444. The molecule has 1 heterocycles. The molecule has 0 spiro atoms. The Morgan fingerprint density at radius 2 is 2.08 bits per heavy atom. The average Bonchev–Trinajstić information content (AvgIpc) is 2.65. The van der Waals surface area contributed by atoms with Crippen LogP contribution < -0.4 is 10.9 Å². The number of aromatic amines is 1. The Bertz CT molecular complexity index is 837. The molecule has 2 aromatic rings. The molecular formula is C18H23N3O4S. The lowest BCUT2D eigenvalue weighted by Crippen LogP contribution is -2.46. The molecule has 0 radical (unpaired) electrons. The number of esters is 1. The zero-order chi connectivity index (χ0) is 19.1. The number of carbonyl (C=O) groups excluding carboxylic acids is 2. The van der Waals surface area contributed by atoms with Gasteiger partial charge in [0, 0.05) is 0 Å². The second-order valence-corrected chi connectivity index (χ2v) is 6.96. The number of para-hydroxylation sites is 1. The van der Waals surface area contributed by atoms with Gasteiger partial charge in [-0.3, -0.25) is 9.59 Å². The van der Waals surface area contributed by atoms with Crippen molar-refractivity contribution in [3.05, 3.63) is 40.4 Å². The van der Waals surface area contributed by atoms with Crippen LogP contribution in [0.1, 0.15) is 26.1 Å². The van der Waals surface area contributed by atoms with Gasteiger partial charge < -0.3 is 15.0 Å². The summed E-state index contributed by atoms with van der Waals surface area (Å²) in [5.74, 6) is 0.333. The highest BCUT2D eigenvalue weighted by Gasteiger charge is 2.26. The molecule has 2 rings (SSSR count). The highest BCUT2D eigenvalue weighted by molar-refractivity contribution is 7.99. The predicted octanol–water partition coefficient (Wildman–Crippen LogP) is 1.86. The van der Waals surface area contributed by atoms with E-state index in [4.69, 9.17) is 4.74 Å². The molecule has 1 aromatic carbocycles. The third-order valence-corrected chi connectivity index (χ3v) is 5.06. The van der Waals surface area contributed by atoms with E-state index in [1.54, 1.807) is 18.2 Å². The van der Waals surface area contributed by atoms with Crippen molar-refractivity contribution in [3.8, 4) is 0 Å². The molecule has 1 amide bonds. The van der Waals surface area contributed by atoms with Crippen LogP contribution in [0.2, 0.25) is 0 Å². The molecule has 7 nitrogen and oxygen atoms in total. The number of benzene rings is 1. The monoisotopic (exact) mass is 377 g/mol. The molecule has 8 heteroatoms. The Kier molecular flexibility index (Phi) is 7.20. The van der Waals surface area contributed by atoms with Crippen LogP contribution >= 0.6 is 11.8 Å². The van der Waals surface area contributed by atoms with Gasteiger partial charge in [-0.15, -0.1) is 11.8 Å². The van der Waals surface area contributed by atoms with Crippen molar-refractivity contribution in [2.24, 2.45) is 5.92 Å². The minimum atomic E-state index is -0.656. The van der Waals surface area contributed by atoms with E-state index in [1.165, 1.54) is 18.9 Å². The number of carbonyl (C=O) groups is 2. The van der Waals surface area contributed by atoms with E-state index in [1.807, 2.05) is 19.9 Å². The van der Waals surface area contributed by atoms with E-state index in [-0.39, 0.29) is 23.1 Å². The Balaban J connectivity index is 1.93. The Hall–Kier alpha value is -2.35. The van der Waals surface area contributed by atoms with Gasteiger partial charge in [0.1, 0.15) is 11.9 Å². The first-order valence-corrected chi connectivity index (χ1v) is 9.54. The van der Waals surface area contributed by atoms with E-state index in [0.717, 1.165) is 6.42 Å². The summed E-state index contributed by atoms with van der Waals surface area (Å²) in [5, 5.41) is 3.25. The van der Waals surface area contributed by atoms with E-state index < -0.39 is 12.0 Å². The zero-order valence-electron chi connectivity index (χ0n) is 15.1. The van der Waals surface area contributed by atoms with Crippen molar-refractivity contribution in [1.29, 1.82) is 0 Å². The predicted molar refractivity (Wildman–Crippen MR) is 102 cm³/mol. The standard InChI is InChI=1S/C18H23N3O4S/c1-4-11(2)16(18(24)25-3)21-15(22)10-26-9-14-19-13-8-6-5-7-12(13)17(23)20-14/h5-8,11,16H,4,9-10H2,1-3H3,(H,21,22)(H,19,20,23)/t11-,16-/m0/s1. The number of aromatic nitrogens is 2. The van der Waals surface area contributed by atoms with Crippen LogP contribution in [-0.2, 0) is 20.1 Å². The number of fused-ring (bicyclic) bond motifs is 1.